The molecule has 2 rings (SSSR count). The molecule has 3 N–H and O–H groups in total. The van der Waals surface area contributed by atoms with Gasteiger partial charge in [0.15, 0.2) is 6.10 Å². The van der Waals surface area contributed by atoms with Crippen molar-refractivity contribution in [3.63, 3.8) is 0 Å². The van der Waals surface area contributed by atoms with Crippen molar-refractivity contribution < 1.29 is 18.7 Å². The molecule has 120 valence electrons. The number of ether oxygens (including phenoxy) is 1. The number of halogens is 2. The minimum absolute atomic E-state index is 0.0848. The van der Waals surface area contributed by atoms with Crippen LogP contribution in [0.25, 0.3) is 0 Å². The van der Waals surface area contributed by atoms with E-state index in [-0.39, 0.29) is 5.02 Å². The first-order valence-corrected chi connectivity index (χ1v) is 7.07. The maximum atomic E-state index is 13.1. The molecule has 2 aromatic rings. The Morgan fingerprint density at radius 2 is 1.87 bits per heavy atom. The largest absolute Gasteiger partial charge is 0.481 e. The van der Waals surface area contributed by atoms with Crippen LogP contribution >= 0.6 is 11.6 Å². The summed E-state index contributed by atoms with van der Waals surface area (Å²) < 4.78 is 18.5. The fourth-order valence-corrected chi connectivity index (χ4v) is 1.95. The standard InChI is InChI=1S/C16H14ClFN2O3/c1-9(23-12-5-2-10(3-6-12)15(19)21)16(22)20-11-4-7-14(18)13(17)8-11/h2-9H,1H3,(H2,19,21)(H,20,22)/t9-/m1/s1. The molecular weight excluding hydrogens is 323 g/mol. The van der Waals surface area contributed by atoms with Gasteiger partial charge in [-0.05, 0) is 49.4 Å². The van der Waals surface area contributed by atoms with E-state index in [9.17, 15) is 14.0 Å². The summed E-state index contributed by atoms with van der Waals surface area (Å²) in [7, 11) is 0. The number of rotatable bonds is 5. The van der Waals surface area contributed by atoms with Crippen LogP contribution in [-0.2, 0) is 4.79 Å². The molecule has 0 aromatic heterocycles. The van der Waals surface area contributed by atoms with Gasteiger partial charge in [0.1, 0.15) is 11.6 Å². The van der Waals surface area contributed by atoms with Crippen LogP contribution in [0.5, 0.6) is 5.75 Å². The Bertz CT molecular complexity index is 735. The Balaban J connectivity index is 1.99. The first kappa shape index (κ1) is 16.8. The second-order valence-corrected chi connectivity index (χ2v) is 5.17. The lowest BCUT2D eigenvalue weighted by molar-refractivity contribution is -0.122. The maximum Gasteiger partial charge on any atom is 0.265 e. The second-order valence-electron chi connectivity index (χ2n) is 4.77. The van der Waals surface area contributed by atoms with E-state index in [1.807, 2.05) is 0 Å². The number of primary amides is 1. The van der Waals surface area contributed by atoms with Crippen LogP contribution in [0.1, 0.15) is 17.3 Å². The van der Waals surface area contributed by atoms with Gasteiger partial charge in [-0.3, -0.25) is 9.59 Å². The highest BCUT2D eigenvalue weighted by atomic mass is 35.5. The molecule has 0 fully saturated rings. The second kappa shape index (κ2) is 7.11. The van der Waals surface area contributed by atoms with Crippen LogP contribution < -0.4 is 15.8 Å². The number of nitrogens with two attached hydrogens (primary N) is 1. The molecule has 1 atom stereocenters. The highest BCUT2D eigenvalue weighted by Crippen LogP contribution is 2.20. The van der Waals surface area contributed by atoms with Crippen molar-refractivity contribution in [1.82, 2.24) is 0 Å². The molecule has 0 aliphatic carbocycles. The molecule has 0 spiro atoms. The Morgan fingerprint density at radius 1 is 1.22 bits per heavy atom. The minimum atomic E-state index is -0.807. The summed E-state index contributed by atoms with van der Waals surface area (Å²) in [5, 5.41) is 2.49. The maximum absolute atomic E-state index is 13.1. The van der Waals surface area contributed by atoms with E-state index in [4.69, 9.17) is 22.1 Å². The van der Waals surface area contributed by atoms with Gasteiger partial charge >= 0.3 is 0 Å². The number of amides is 2. The number of anilines is 1. The first-order valence-electron chi connectivity index (χ1n) is 6.69. The summed E-state index contributed by atoms with van der Waals surface area (Å²) >= 11 is 5.65. The molecule has 23 heavy (non-hydrogen) atoms. The lowest BCUT2D eigenvalue weighted by atomic mass is 10.2. The molecule has 0 aliphatic rings. The van der Waals surface area contributed by atoms with E-state index in [2.05, 4.69) is 5.32 Å². The zero-order valence-electron chi connectivity index (χ0n) is 12.2. The molecule has 0 unspecified atom stereocenters. The Morgan fingerprint density at radius 3 is 2.43 bits per heavy atom. The number of carbonyl (C=O) groups is 2. The lowest BCUT2D eigenvalue weighted by Gasteiger charge is -2.15. The zero-order chi connectivity index (χ0) is 17.0. The highest BCUT2D eigenvalue weighted by molar-refractivity contribution is 6.31. The van der Waals surface area contributed by atoms with Gasteiger partial charge in [-0.25, -0.2) is 4.39 Å². The minimum Gasteiger partial charge on any atom is -0.481 e. The predicted molar refractivity (Wildman–Crippen MR) is 85.1 cm³/mol. The molecule has 0 radical (unpaired) electrons. The van der Waals surface area contributed by atoms with Gasteiger partial charge < -0.3 is 15.8 Å². The van der Waals surface area contributed by atoms with Gasteiger partial charge in [0.2, 0.25) is 5.91 Å². The van der Waals surface area contributed by atoms with Gasteiger partial charge in [0.25, 0.3) is 5.91 Å². The third kappa shape index (κ3) is 4.43. The predicted octanol–water partition coefficient (Wildman–Crippen LogP) is 2.98. The third-order valence-electron chi connectivity index (χ3n) is 3.01. The van der Waals surface area contributed by atoms with E-state index in [1.54, 1.807) is 19.1 Å². The lowest BCUT2D eigenvalue weighted by Crippen LogP contribution is -2.30. The molecule has 0 aliphatic heterocycles. The van der Waals surface area contributed by atoms with Gasteiger partial charge in [-0.1, -0.05) is 11.6 Å². The van der Waals surface area contributed by atoms with E-state index in [0.29, 0.717) is 17.0 Å². The van der Waals surface area contributed by atoms with Gasteiger partial charge in [0, 0.05) is 11.3 Å². The van der Waals surface area contributed by atoms with Crippen LogP contribution in [0.15, 0.2) is 42.5 Å². The van der Waals surface area contributed by atoms with Crippen LogP contribution in [0, 0.1) is 5.82 Å². The molecule has 2 amide bonds. The monoisotopic (exact) mass is 336 g/mol. The van der Waals surface area contributed by atoms with Crippen LogP contribution in [0.4, 0.5) is 10.1 Å². The first-order chi connectivity index (χ1) is 10.9. The Kier molecular flexibility index (Phi) is 5.18. The summed E-state index contributed by atoms with van der Waals surface area (Å²) in [6.07, 6.45) is -0.807. The van der Waals surface area contributed by atoms with E-state index in [0.717, 1.165) is 6.07 Å². The number of hydrogen-bond acceptors (Lipinski definition) is 3. The fraction of sp³-hybridized carbons (Fsp3) is 0.125. The van der Waals surface area contributed by atoms with Gasteiger partial charge in [0.05, 0.1) is 5.02 Å². The van der Waals surface area contributed by atoms with E-state index in [1.165, 1.54) is 24.3 Å². The number of carbonyl (C=O) groups excluding carboxylic acids is 2. The summed E-state index contributed by atoms with van der Waals surface area (Å²) in [5.41, 5.74) is 5.85. The molecule has 0 bridgehead atoms. The topological polar surface area (TPSA) is 81.4 Å². The molecule has 0 saturated heterocycles. The molecule has 2 aromatic carbocycles. The van der Waals surface area contributed by atoms with Crippen molar-refractivity contribution in [1.29, 1.82) is 0 Å². The zero-order valence-corrected chi connectivity index (χ0v) is 12.9. The Hall–Kier alpha value is -2.60. The average molecular weight is 337 g/mol. The molecule has 5 nitrogen and oxygen atoms in total. The Labute approximate surface area is 137 Å². The SMILES string of the molecule is C[C@@H](Oc1ccc(C(N)=O)cc1)C(=O)Nc1ccc(F)c(Cl)c1. The molecule has 7 heteroatoms. The van der Waals surface area contributed by atoms with Gasteiger partial charge in [-0.15, -0.1) is 0 Å². The summed E-state index contributed by atoms with van der Waals surface area (Å²) in [6.45, 7) is 1.56. The fourth-order valence-electron chi connectivity index (χ4n) is 1.77. The highest BCUT2D eigenvalue weighted by Gasteiger charge is 2.15. The average Bonchev–Trinajstić information content (AvgIpc) is 2.51. The van der Waals surface area contributed by atoms with Crippen molar-refractivity contribution >= 4 is 29.1 Å². The van der Waals surface area contributed by atoms with Crippen molar-refractivity contribution in [2.45, 2.75) is 13.0 Å². The van der Waals surface area contributed by atoms with E-state index < -0.39 is 23.7 Å². The van der Waals surface area contributed by atoms with Crippen molar-refractivity contribution in [2.75, 3.05) is 5.32 Å². The quantitative estimate of drug-likeness (QED) is 0.880. The summed E-state index contributed by atoms with van der Waals surface area (Å²) in [4.78, 5) is 23.0. The van der Waals surface area contributed by atoms with Gasteiger partial charge in [-0.2, -0.15) is 0 Å². The van der Waals surface area contributed by atoms with E-state index >= 15 is 0 Å². The molecule has 0 saturated carbocycles. The van der Waals surface area contributed by atoms with Crippen LogP contribution in [0.2, 0.25) is 5.02 Å². The van der Waals surface area contributed by atoms with Crippen molar-refractivity contribution in [2.24, 2.45) is 5.73 Å². The number of hydrogen-bond donors (Lipinski definition) is 2. The smallest absolute Gasteiger partial charge is 0.265 e. The number of nitrogens with one attached hydrogen (secondary N) is 1. The normalized spacial score (nSPS) is 11.6. The van der Waals surface area contributed by atoms with Crippen molar-refractivity contribution in [3.8, 4) is 5.75 Å². The van der Waals surface area contributed by atoms with Crippen LogP contribution in [-0.4, -0.2) is 17.9 Å². The molecule has 0 heterocycles. The van der Waals surface area contributed by atoms with Crippen LogP contribution in [0.3, 0.4) is 0 Å². The summed E-state index contributed by atoms with van der Waals surface area (Å²) in [6, 6.07) is 9.95. The third-order valence-corrected chi connectivity index (χ3v) is 3.30. The van der Waals surface area contributed by atoms with Crippen molar-refractivity contribution in [3.05, 3.63) is 58.9 Å². The number of benzene rings is 2. The molecular formula is C16H14ClFN2O3. The summed E-state index contributed by atoms with van der Waals surface area (Å²) in [5.74, 6) is -1.12.